The Kier molecular flexibility index (Phi) is 9.15. The molecule has 10 rings (SSSR count). The van der Waals surface area contributed by atoms with Gasteiger partial charge in [0, 0.05) is 81.3 Å². The SMILES string of the molecule is CN1CC2(CNC(=O)c3c2[nH]c2c3CCc3cnc(-c4ccc(CN5CCC(OCC#Cc6ccc7c(c6)n(C)c(=O)n7C6CCC(=O)NC6=O)CC5)cc4F)cc3-2)C1. The van der Waals surface area contributed by atoms with Crippen LogP contribution in [0.2, 0.25) is 0 Å². The molecule has 59 heavy (non-hydrogen) atoms. The molecule has 0 saturated carbocycles. The summed E-state index contributed by atoms with van der Waals surface area (Å²) in [6.45, 7) is 4.97. The van der Waals surface area contributed by atoms with Crippen LogP contribution in [0.4, 0.5) is 4.39 Å². The molecule has 5 aromatic rings. The summed E-state index contributed by atoms with van der Waals surface area (Å²) in [5.41, 5.74) is 9.48. The molecule has 7 heterocycles. The maximum Gasteiger partial charge on any atom is 0.329 e. The van der Waals surface area contributed by atoms with Gasteiger partial charge in [-0.05, 0) is 92.2 Å². The number of pyridine rings is 1. The van der Waals surface area contributed by atoms with Crippen LogP contribution in [0, 0.1) is 17.7 Å². The number of amides is 3. The third kappa shape index (κ3) is 6.48. The highest BCUT2D eigenvalue weighted by Crippen LogP contribution is 2.45. The standard InChI is InChI=1S/C45H45FN8O5/c1-51-24-45(25-51)23-48-43(57)39-31-9-7-28-21-47-34(20-32(28)40(31)50-41(39)45)30-8-5-27(18-33(30)46)22-53-15-13-29(14-16-53)59-17-3-4-26-6-10-35-37(19-26)52(2)44(58)54(35)36-11-12-38(55)49-42(36)56/h5-6,8,10,18-21,29,36,50H,7,9,11-17,22-25H2,1-2H3,(H,48,57)(H,49,55,56). The smallest absolute Gasteiger partial charge is 0.329 e. The number of piperidine rings is 2. The normalized spacial score (nSPS) is 20.3. The Labute approximate surface area is 339 Å². The predicted molar refractivity (Wildman–Crippen MR) is 218 cm³/mol. The third-order valence-electron chi connectivity index (χ3n) is 13.0. The van der Waals surface area contributed by atoms with E-state index in [0.717, 1.165) is 96.6 Å². The van der Waals surface area contributed by atoms with Gasteiger partial charge in [-0.3, -0.25) is 38.7 Å². The van der Waals surface area contributed by atoms with Crippen molar-refractivity contribution in [3.8, 4) is 34.4 Å². The van der Waals surface area contributed by atoms with Gasteiger partial charge in [0.05, 0.1) is 39.5 Å². The van der Waals surface area contributed by atoms with E-state index < -0.39 is 11.9 Å². The Hall–Kier alpha value is -5.88. The molecule has 2 aromatic carbocycles. The zero-order valence-electron chi connectivity index (χ0n) is 33.1. The number of aromatic amines is 1. The summed E-state index contributed by atoms with van der Waals surface area (Å²) >= 11 is 0. The monoisotopic (exact) mass is 796 g/mol. The number of nitrogens with zero attached hydrogens (tertiary/aromatic N) is 5. The minimum atomic E-state index is -0.734. The Morgan fingerprint density at radius 3 is 2.56 bits per heavy atom. The van der Waals surface area contributed by atoms with Crippen molar-refractivity contribution < 1.29 is 23.5 Å². The summed E-state index contributed by atoms with van der Waals surface area (Å²) in [4.78, 5) is 63.3. The highest BCUT2D eigenvalue weighted by Gasteiger charge is 2.50. The Morgan fingerprint density at radius 1 is 0.949 bits per heavy atom. The average Bonchev–Trinajstić information content (AvgIpc) is 3.74. The number of nitrogens with one attached hydrogen (secondary N) is 3. The molecular weight excluding hydrogens is 752 g/mol. The van der Waals surface area contributed by atoms with E-state index in [0.29, 0.717) is 35.4 Å². The molecule has 3 aromatic heterocycles. The molecule has 1 unspecified atom stereocenters. The number of hydrogen-bond acceptors (Lipinski definition) is 8. The second-order valence-electron chi connectivity index (χ2n) is 16.9. The van der Waals surface area contributed by atoms with Crippen LogP contribution in [0.3, 0.4) is 0 Å². The molecule has 3 saturated heterocycles. The first-order valence-corrected chi connectivity index (χ1v) is 20.4. The Morgan fingerprint density at radius 2 is 1.78 bits per heavy atom. The summed E-state index contributed by atoms with van der Waals surface area (Å²) in [6.07, 6.45) is 5.63. The molecular formula is C45H45FN8O5. The van der Waals surface area contributed by atoms with Gasteiger partial charge in [0.15, 0.2) is 0 Å². The van der Waals surface area contributed by atoms with Gasteiger partial charge in [0.1, 0.15) is 18.5 Å². The fourth-order valence-electron chi connectivity index (χ4n) is 10.00. The predicted octanol–water partition coefficient (Wildman–Crippen LogP) is 3.57. The van der Waals surface area contributed by atoms with Gasteiger partial charge in [-0.15, -0.1) is 0 Å². The van der Waals surface area contributed by atoms with E-state index >= 15 is 4.39 Å². The number of imide groups is 1. The molecule has 1 atom stereocenters. The lowest BCUT2D eigenvalue weighted by molar-refractivity contribution is -0.135. The van der Waals surface area contributed by atoms with E-state index in [1.54, 1.807) is 19.2 Å². The van der Waals surface area contributed by atoms with E-state index in [1.165, 1.54) is 9.13 Å². The molecule has 4 aliphatic heterocycles. The van der Waals surface area contributed by atoms with Gasteiger partial charge in [0.2, 0.25) is 11.8 Å². The number of fused-ring (bicyclic) bond motifs is 7. The number of carbonyl (C=O) groups excluding carboxylic acids is 3. The molecule has 302 valence electrons. The molecule has 1 spiro atoms. The van der Waals surface area contributed by atoms with Crippen LogP contribution in [-0.4, -0.2) is 99.1 Å². The van der Waals surface area contributed by atoms with Crippen LogP contribution in [0.1, 0.15) is 70.0 Å². The van der Waals surface area contributed by atoms with E-state index in [9.17, 15) is 19.2 Å². The number of halogens is 1. The van der Waals surface area contributed by atoms with Crippen LogP contribution >= 0.6 is 0 Å². The molecule has 14 heteroatoms. The largest absolute Gasteiger partial charge is 0.365 e. The van der Waals surface area contributed by atoms with Crippen LogP contribution in [0.5, 0.6) is 0 Å². The Bertz CT molecular complexity index is 2700. The first-order valence-electron chi connectivity index (χ1n) is 20.4. The lowest BCUT2D eigenvalue weighted by Crippen LogP contribution is -2.65. The summed E-state index contributed by atoms with van der Waals surface area (Å²) < 4.78 is 24.9. The minimum Gasteiger partial charge on any atom is -0.365 e. The van der Waals surface area contributed by atoms with Crippen LogP contribution < -0.4 is 16.3 Å². The van der Waals surface area contributed by atoms with Gasteiger partial charge in [-0.1, -0.05) is 17.9 Å². The number of H-pyrrole nitrogens is 1. The summed E-state index contributed by atoms with van der Waals surface area (Å²) in [5, 5.41) is 5.47. The number of aromatic nitrogens is 4. The molecule has 3 N–H and O–H groups in total. The van der Waals surface area contributed by atoms with Crippen molar-refractivity contribution in [2.24, 2.45) is 7.05 Å². The number of hydrogen-bond donors (Lipinski definition) is 3. The van der Waals surface area contributed by atoms with E-state index in [4.69, 9.17) is 9.72 Å². The molecule has 0 radical (unpaired) electrons. The summed E-state index contributed by atoms with van der Waals surface area (Å²) in [5.74, 6) is 5.13. The Balaban J connectivity index is 0.755. The molecule has 3 amide bonds. The van der Waals surface area contributed by atoms with Gasteiger partial charge in [-0.2, -0.15) is 0 Å². The maximum atomic E-state index is 15.8. The quantitative estimate of drug-likeness (QED) is 0.175. The average molecular weight is 797 g/mol. The molecule has 3 fully saturated rings. The number of carbonyl (C=O) groups is 3. The fourth-order valence-corrected chi connectivity index (χ4v) is 10.00. The molecule has 13 nitrogen and oxygen atoms in total. The van der Waals surface area contributed by atoms with Gasteiger partial charge in [-0.25, -0.2) is 9.18 Å². The van der Waals surface area contributed by atoms with Crippen molar-refractivity contribution in [3.63, 3.8) is 0 Å². The molecule has 1 aliphatic carbocycles. The fraction of sp³-hybridized carbons (Fsp3) is 0.400. The maximum absolute atomic E-state index is 15.8. The van der Waals surface area contributed by atoms with Crippen LogP contribution in [-0.2, 0) is 46.2 Å². The zero-order chi connectivity index (χ0) is 40.6. The summed E-state index contributed by atoms with van der Waals surface area (Å²) in [7, 11) is 3.76. The number of likely N-dealkylation sites (tertiary alicyclic amines) is 2. The van der Waals surface area contributed by atoms with E-state index in [-0.39, 0.29) is 54.3 Å². The van der Waals surface area contributed by atoms with E-state index in [2.05, 4.69) is 44.3 Å². The number of likely N-dealkylation sites (N-methyl/N-ethyl adjacent to an activating group) is 1. The number of imidazole rings is 1. The summed E-state index contributed by atoms with van der Waals surface area (Å²) in [6, 6.07) is 12.1. The van der Waals surface area contributed by atoms with Crippen molar-refractivity contribution in [1.29, 1.82) is 0 Å². The number of benzene rings is 2. The second-order valence-corrected chi connectivity index (χ2v) is 16.9. The van der Waals surface area contributed by atoms with Gasteiger partial charge in [0.25, 0.3) is 5.91 Å². The van der Waals surface area contributed by atoms with Gasteiger partial charge >= 0.3 is 5.69 Å². The highest BCUT2D eigenvalue weighted by atomic mass is 19.1. The first kappa shape index (κ1) is 37.4. The lowest BCUT2D eigenvalue weighted by Gasteiger charge is -2.50. The minimum absolute atomic E-state index is 0.0101. The van der Waals surface area contributed by atoms with Crippen LogP contribution in [0.15, 0.2) is 53.5 Å². The van der Waals surface area contributed by atoms with Crippen molar-refractivity contribution in [1.82, 2.24) is 39.5 Å². The van der Waals surface area contributed by atoms with Gasteiger partial charge < -0.3 is 19.9 Å². The molecule has 0 bridgehead atoms. The van der Waals surface area contributed by atoms with Crippen molar-refractivity contribution >= 4 is 28.8 Å². The number of ether oxygens (including phenoxy) is 1. The first-order chi connectivity index (χ1) is 28.5. The van der Waals surface area contributed by atoms with E-state index in [1.807, 2.05) is 36.5 Å². The van der Waals surface area contributed by atoms with Crippen molar-refractivity contribution in [3.05, 3.63) is 98.5 Å². The lowest BCUT2D eigenvalue weighted by atomic mass is 9.73. The van der Waals surface area contributed by atoms with Crippen molar-refractivity contribution in [2.45, 2.75) is 62.6 Å². The third-order valence-corrected chi connectivity index (χ3v) is 13.0. The topological polar surface area (TPSA) is 147 Å². The molecule has 5 aliphatic rings. The number of aryl methyl sites for hydroxylation is 2. The van der Waals surface area contributed by atoms with Crippen molar-refractivity contribution in [2.75, 3.05) is 46.4 Å². The highest BCUT2D eigenvalue weighted by molar-refractivity contribution is 6.02. The second kappa shape index (κ2) is 14.4. The zero-order valence-corrected chi connectivity index (χ0v) is 33.1. The van der Waals surface area contributed by atoms with Crippen LogP contribution in [0.25, 0.3) is 33.5 Å². The number of rotatable bonds is 6.